The van der Waals surface area contributed by atoms with Gasteiger partial charge in [0.1, 0.15) is 0 Å². The molecule has 0 bridgehead atoms. The average molecular weight is 389 g/mol. The molecule has 0 saturated carbocycles. The summed E-state index contributed by atoms with van der Waals surface area (Å²) in [6.07, 6.45) is 1.09. The average Bonchev–Trinajstić information content (AvgIpc) is 2.41. The lowest BCUT2D eigenvalue weighted by Gasteiger charge is -2.11. The van der Waals surface area contributed by atoms with Gasteiger partial charge in [-0.05, 0) is 40.2 Å². The van der Waals surface area contributed by atoms with Crippen LogP contribution >= 0.6 is 27.5 Å². The molecule has 4 nitrogen and oxygen atoms in total. The van der Waals surface area contributed by atoms with E-state index in [9.17, 15) is 13.2 Å². The Kier molecular flexibility index (Phi) is 4.70. The molecule has 1 amide bonds. The van der Waals surface area contributed by atoms with Crippen molar-refractivity contribution < 1.29 is 13.2 Å². The minimum atomic E-state index is -3.44. The van der Waals surface area contributed by atoms with Crippen molar-refractivity contribution in [3.63, 3.8) is 0 Å². The van der Waals surface area contributed by atoms with Gasteiger partial charge in [0.15, 0.2) is 9.84 Å². The van der Waals surface area contributed by atoms with Crippen molar-refractivity contribution in [2.24, 2.45) is 0 Å². The first-order chi connectivity index (χ1) is 9.80. The summed E-state index contributed by atoms with van der Waals surface area (Å²) in [6, 6.07) is 11.2. The number of benzene rings is 2. The number of nitrogens with one attached hydrogen (secondary N) is 1. The highest BCUT2D eigenvalue weighted by atomic mass is 79.9. The van der Waals surface area contributed by atoms with Gasteiger partial charge in [-0.2, -0.15) is 0 Å². The second-order valence-electron chi connectivity index (χ2n) is 4.32. The van der Waals surface area contributed by atoms with E-state index in [0.29, 0.717) is 4.47 Å². The quantitative estimate of drug-likeness (QED) is 0.871. The second kappa shape index (κ2) is 6.17. The summed E-state index contributed by atoms with van der Waals surface area (Å²) in [7, 11) is -3.44. The SMILES string of the molecule is CS(=O)(=O)c1ccccc1NC(=O)c1cccc(Br)c1Cl. The minimum Gasteiger partial charge on any atom is -0.321 e. The standard InChI is InChI=1S/C14H11BrClNO3S/c1-21(19,20)12-8-3-2-7-11(12)17-14(18)9-5-4-6-10(15)13(9)16/h2-8H,1H3,(H,17,18). The molecule has 0 saturated heterocycles. The molecule has 2 aromatic rings. The first kappa shape index (κ1) is 16.0. The third-order valence-corrected chi connectivity index (χ3v) is 5.18. The molecule has 0 aliphatic carbocycles. The van der Waals surface area contributed by atoms with E-state index in [0.717, 1.165) is 6.26 Å². The van der Waals surface area contributed by atoms with Crippen molar-refractivity contribution >= 4 is 49.0 Å². The lowest BCUT2D eigenvalue weighted by molar-refractivity contribution is 0.102. The van der Waals surface area contributed by atoms with Crippen molar-refractivity contribution in [2.75, 3.05) is 11.6 Å². The van der Waals surface area contributed by atoms with E-state index >= 15 is 0 Å². The van der Waals surface area contributed by atoms with Crippen LogP contribution in [0, 0.1) is 0 Å². The number of halogens is 2. The molecule has 0 radical (unpaired) electrons. The number of hydrogen-bond donors (Lipinski definition) is 1. The molecule has 110 valence electrons. The van der Waals surface area contributed by atoms with E-state index < -0.39 is 15.7 Å². The van der Waals surface area contributed by atoms with Gasteiger partial charge in [0.2, 0.25) is 0 Å². The van der Waals surface area contributed by atoms with Gasteiger partial charge in [0, 0.05) is 10.7 Å². The summed E-state index contributed by atoms with van der Waals surface area (Å²) in [5, 5.41) is 2.85. The van der Waals surface area contributed by atoms with Crippen LogP contribution in [0.2, 0.25) is 5.02 Å². The van der Waals surface area contributed by atoms with Crippen molar-refractivity contribution in [3.8, 4) is 0 Å². The van der Waals surface area contributed by atoms with Gasteiger partial charge in [-0.25, -0.2) is 8.42 Å². The van der Waals surface area contributed by atoms with Gasteiger partial charge in [0.05, 0.1) is 21.2 Å². The van der Waals surface area contributed by atoms with Gasteiger partial charge in [0.25, 0.3) is 5.91 Å². The number of amides is 1. The van der Waals surface area contributed by atoms with E-state index in [2.05, 4.69) is 21.2 Å². The molecule has 0 aliphatic heterocycles. The zero-order chi connectivity index (χ0) is 15.6. The molecule has 0 unspecified atom stereocenters. The van der Waals surface area contributed by atoms with Crippen molar-refractivity contribution in [3.05, 3.63) is 57.5 Å². The second-order valence-corrected chi connectivity index (χ2v) is 7.54. The number of rotatable bonds is 3. The summed E-state index contributed by atoms with van der Waals surface area (Å²) in [4.78, 5) is 12.3. The maximum Gasteiger partial charge on any atom is 0.257 e. The molecule has 0 fully saturated rings. The zero-order valence-corrected chi connectivity index (χ0v) is 14.1. The van der Waals surface area contributed by atoms with Crippen LogP contribution in [0.3, 0.4) is 0 Å². The van der Waals surface area contributed by atoms with E-state index in [1.807, 2.05) is 0 Å². The molecule has 0 heterocycles. The van der Waals surface area contributed by atoms with Crippen molar-refractivity contribution in [1.82, 2.24) is 0 Å². The largest absolute Gasteiger partial charge is 0.321 e. The molecule has 0 aromatic heterocycles. The highest BCUT2D eigenvalue weighted by Gasteiger charge is 2.17. The summed E-state index contributed by atoms with van der Waals surface area (Å²) in [5.41, 5.74) is 0.482. The Morgan fingerprint density at radius 3 is 2.48 bits per heavy atom. The summed E-state index contributed by atoms with van der Waals surface area (Å²) in [6.45, 7) is 0. The number of carbonyl (C=O) groups is 1. The fraction of sp³-hybridized carbons (Fsp3) is 0.0714. The highest BCUT2D eigenvalue weighted by Crippen LogP contribution is 2.27. The smallest absolute Gasteiger partial charge is 0.257 e. The number of anilines is 1. The minimum absolute atomic E-state index is 0.0597. The van der Waals surface area contributed by atoms with Gasteiger partial charge in [-0.1, -0.05) is 29.8 Å². The number of carbonyl (C=O) groups excluding carboxylic acids is 1. The first-order valence-electron chi connectivity index (χ1n) is 5.85. The first-order valence-corrected chi connectivity index (χ1v) is 8.91. The molecule has 21 heavy (non-hydrogen) atoms. The molecular weight excluding hydrogens is 378 g/mol. The predicted octanol–water partition coefficient (Wildman–Crippen LogP) is 3.76. The van der Waals surface area contributed by atoms with Crippen LogP contribution in [-0.2, 0) is 9.84 Å². The zero-order valence-electron chi connectivity index (χ0n) is 10.9. The van der Waals surface area contributed by atoms with Crippen molar-refractivity contribution in [1.29, 1.82) is 0 Å². The molecule has 0 aliphatic rings. The van der Waals surface area contributed by atoms with Gasteiger partial charge in [-0.3, -0.25) is 4.79 Å². The van der Waals surface area contributed by atoms with E-state index in [4.69, 9.17) is 11.6 Å². The normalized spacial score (nSPS) is 11.2. The fourth-order valence-electron chi connectivity index (χ4n) is 1.76. The fourth-order valence-corrected chi connectivity index (χ4v) is 3.18. The Hall–Kier alpha value is -1.37. The molecule has 7 heteroatoms. The number of para-hydroxylation sites is 1. The highest BCUT2D eigenvalue weighted by molar-refractivity contribution is 9.10. The van der Waals surface area contributed by atoms with E-state index in [1.54, 1.807) is 30.3 Å². The lowest BCUT2D eigenvalue weighted by atomic mass is 10.2. The summed E-state index contributed by atoms with van der Waals surface area (Å²) >= 11 is 9.30. The molecular formula is C14H11BrClNO3S. The van der Waals surface area contributed by atoms with Crippen LogP contribution in [0.25, 0.3) is 0 Å². The number of hydrogen-bond acceptors (Lipinski definition) is 3. The number of sulfone groups is 1. The Morgan fingerprint density at radius 2 is 1.81 bits per heavy atom. The Balaban J connectivity index is 2.40. The predicted molar refractivity (Wildman–Crippen MR) is 86.7 cm³/mol. The maximum atomic E-state index is 12.3. The van der Waals surface area contributed by atoms with Crippen LogP contribution < -0.4 is 5.32 Å². The monoisotopic (exact) mass is 387 g/mol. The molecule has 0 spiro atoms. The van der Waals surface area contributed by atoms with Gasteiger partial charge < -0.3 is 5.32 Å². The van der Waals surface area contributed by atoms with Crippen LogP contribution in [0.1, 0.15) is 10.4 Å². The maximum absolute atomic E-state index is 12.3. The Morgan fingerprint density at radius 1 is 1.14 bits per heavy atom. The third-order valence-electron chi connectivity index (χ3n) is 2.73. The molecule has 2 aromatic carbocycles. The Bertz CT molecular complexity index is 806. The summed E-state index contributed by atoms with van der Waals surface area (Å²) in [5.74, 6) is -0.475. The van der Waals surface area contributed by atoms with Crippen LogP contribution in [-0.4, -0.2) is 20.6 Å². The van der Waals surface area contributed by atoms with E-state index in [1.165, 1.54) is 12.1 Å². The topological polar surface area (TPSA) is 63.2 Å². The molecule has 1 N–H and O–H groups in total. The Labute approximate surface area is 136 Å². The van der Waals surface area contributed by atoms with Gasteiger partial charge >= 0.3 is 0 Å². The van der Waals surface area contributed by atoms with Crippen LogP contribution in [0.4, 0.5) is 5.69 Å². The lowest BCUT2D eigenvalue weighted by Crippen LogP contribution is -2.15. The van der Waals surface area contributed by atoms with E-state index in [-0.39, 0.29) is 21.2 Å². The van der Waals surface area contributed by atoms with Crippen LogP contribution in [0.15, 0.2) is 51.8 Å². The van der Waals surface area contributed by atoms with Crippen molar-refractivity contribution in [2.45, 2.75) is 4.90 Å². The molecule has 0 atom stereocenters. The van der Waals surface area contributed by atoms with Crippen LogP contribution in [0.5, 0.6) is 0 Å². The van der Waals surface area contributed by atoms with Gasteiger partial charge in [-0.15, -0.1) is 0 Å². The third kappa shape index (κ3) is 3.64. The molecule has 2 rings (SSSR count). The summed E-state index contributed by atoms with van der Waals surface area (Å²) < 4.78 is 24.0.